The van der Waals surface area contributed by atoms with Gasteiger partial charge in [-0.15, -0.1) is 0 Å². The zero-order valence-corrected chi connectivity index (χ0v) is 18.9. The third kappa shape index (κ3) is 4.05. The van der Waals surface area contributed by atoms with Crippen LogP contribution in [-0.4, -0.2) is 5.60 Å². The maximum Gasteiger partial charge on any atom is 0.123 e. The molecular formula is C24H42O2. The molecule has 2 heteroatoms. The van der Waals surface area contributed by atoms with Gasteiger partial charge in [-0.1, -0.05) is 48.5 Å². The first-order chi connectivity index (χ1) is 12.1. The summed E-state index contributed by atoms with van der Waals surface area (Å²) in [5, 5.41) is 0. The van der Waals surface area contributed by atoms with Crippen LogP contribution < -0.4 is 0 Å². The predicted octanol–water partition coefficient (Wildman–Crippen LogP) is 7.70. The molecule has 150 valence electrons. The Hall–Kier alpha value is -1.18. The Labute approximate surface area is 162 Å². The second-order valence-electron chi connectivity index (χ2n) is 8.76. The minimum Gasteiger partial charge on any atom is -0.493 e. The fourth-order valence-corrected chi connectivity index (χ4v) is 4.75. The van der Waals surface area contributed by atoms with Gasteiger partial charge in [0.05, 0.1) is 18.8 Å². The summed E-state index contributed by atoms with van der Waals surface area (Å²) in [6, 6.07) is 0. The van der Waals surface area contributed by atoms with E-state index in [2.05, 4.69) is 55.4 Å². The van der Waals surface area contributed by atoms with Crippen molar-refractivity contribution in [2.45, 2.75) is 94.1 Å². The normalized spacial score (nSPS) is 24.0. The molecule has 1 aliphatic heterocycles. The fourth-order valence-electron chi connectivity index (χ4n) is 4.75. The molecule has 2 rings (SSSR count). The summed E-state index contributed by atoms with van der Waals surface area (Å²) in [4.78, 5) is 0. The van der Waals surface area contributed by atoms with Crippen molar-refractivity contribution in [3.05, 3.63) is 35.5 Å². The summed E-state index contributed by atoms with van der Waals surface area (Å²) in [7, 11) is 0. The van der Waals surface area contributed by atoms with Gasteiger partial charge in [0.15, 0.2) is 0 Å². The summed E-state index contributed by atoms with van der Waals surface area (Å²) < 4.78 is 11.3. The van der Waals surface area contributed by atoms with E-state index in [0.29, 0.717) is 17.8 Å². The molecule has 0 fully saturated rings. The molecule has 26 heavy (non-hydrogen) atoms. The summed E-state index contributed by atoms with van der Waals surface area (Å²) in [5.74, 6) is 1.79. The first-order valence-corrected chi connectivity index (χ1v) is 10.4. The molecule has 0 amide bonds. The van der Waals surface area contributed by atoms with Crippen LogP contribution in [0.2, 0.25) is 0 Å². The standard InChI is InChI=1S/C18H34O.C6H8O/c1-9-16(13(4)5)18(17(8,10-2)11-3)15(7)14(6)12-19-18;1-5-3-7-4-6(5)2/h12-13,15-16H,9-11H2,1-8H3;3-4H,1-2H3. The zero-order chi connectivity index (χ0) is 20.1. The van der Waals surface area contributed by atoms with E-state index in [-0.39, 0.29) is 11.0 Å². The highest BCUT2D eigenvalue weighted by atomic mass is 16.5. The van der Waals surface area contributed by atoms with Crippen molar-refractivity contribution in [3.63, 3.8) is 0 Å². The molecule has 1 aromatic heterocycles. The third-order valence-corrected chi connectivity index (χ3v) is 7.18. The molecule has 0 bridgehead atoms. The first-order valence-electron chi connectivity index (χ1n) is 10.4. The van der Waals surface area contributed by atoms with Crippen molar-refractivity contribution in [1.82, 2.24) is 0 Å². The summed E-state index contributed by atoms with van der Waals surface area (Å²) in [6.45, 7) is 22.8. The smallest absolute Gasteiger partial charge is 0.123 e. The van der Waals surface area contributed by atoms with Crippen LogP contribution in [0.3, 0.4) is 0 Å². The molecular weight excluding hydrogens is 320 g/mol. The Morgan fingerprint density at radius 2 is 1.54 bits per heavy atom. The number of furan rings is 1. The average Bonchev–Trinajstić information content (AvgIpc) is 3.13. The molecule has 0 spiro atoms. The van der Waals surface area contributed by atoms with Crippen LogP contribution >= 0.6 is 0 Å². The van der Waals surface area contributed by atoms with Gasteiger partial charge in [-0.05, 0) is 62.7 Å². The van der Waals surface area contributed by atoms with Crippen molar-refractivity contribution < 1.29 is 9.15 Å². The Morgan fingerprint density at radius 3 is 1.77 bits per heavy atom. The van der Waals surface area contributed by atoms with Crippen molar-refractivity contribution in [2.75, 3.05) is 0 Å². The van der Waals surface area contributed by atoms with Gasteiger partial charge in [0.2, 0.25) is 0 Å². The van der Waals surface area contributed by atoms with E-state index in [1.165, 1.54) is 36.0 Å². The van der Waals surface area contributed by atoms with Gasteiger partial charge in [0.1, 0.15) is 5.60 Å². The van der Waals surface area contributed by atoms with E-state index in [0.717, 1.165) is 0 Å². The largest absolute Gasteiger partial charge is 0.493 e. The molecule has 0 aromatic carbocycles. The van der Waals surface area contributed by atoms with Crippen LogP contribution in [0.4, 0.5) is 0 Å². The Bertz CT molecular complexity index is 560. The van der Waals surface area contributed by atoms with Gasteiger partial charge in [0, 0.05) is 17.3 Å². The number of hydrogen-bond acceptors (Lipinski definition) is 2. The van der Waals surface area contributed by atoms with E-state index in [1.807, 2.05) is 20.1 Å². The monoisotopic (exact) mass is 362 g/mol. The van der Waals surface area contributed by atoms with Crippen molar-refractivity contribution >= 4 is 0 Å². The van der Waals surface area contributed by atoms with E-state index in [4.69, 9.17) is 9.15 Å². The van der Waals surface area contributed by atoms with E-state index >= 15 is 0 Å². The molecule has 0 N–H and O–H groups in total. The van der Waals surface area contributed by atoms with Crippen LogP contribution in [0.5, 0.6) is 0 Å². The topological polar surface area (TPSA) is 22.4 Å². The maximum absolute atomic E-state index is 6.46. The Morgan fingerprint density at radius 1 is 1.04 bits per heavy atom. The highest BCUT2D eigenvalue weighted by Gasteiger charge is 2.58. The van der Waals surface area contributed by atoms with E-state index in [1.54, 1.807) is 12.5 Å². The van der Waals surface area contributed by atoms with Gasteiger partial charge < -0.3 is 9.15 Å². The lowest BCUT2D eigenvalue weighted by molar-refractivity contribution is -0.153. The van der Waals surface area contributed by atoms with Crippen LogP contribution in [-0.2, 0) is 4.74 Å². The molecule has 2 nitrogen and oxygen atoms in total. The predicted molar refractivity (Wildman–Crippen MR) is 112 cm³/mol. The number of aryl methyl sites for hydroxylation is 2. The van der Waals surface area contributed by atoms with Gasteiger partial charge in [0.25, 0.3) is 0 Å². The quantitative estimate of drug-likeness (QED) is 0.517. The number of ether oxygens (including phenoxy) is 1. The van der Waals surface area contributed by atoms with Crippen LogP contribution in [0.25, 0.3) is 0 Å². The first kappa shape index (κ1) is 22.9. The molecule has 1 aliphatic rings. The second-order valence-corrected chi connectivity index (χ2v) is 8.76. The van der Waals surface area contributed by atoms with Crippen molar-refractivity contribution in [2.24, 2.45) is 23.2 Å². The lowest BCUT2D eigenvalue weighted by Crippen LogP contribution is -2.57. The Kier molecular flexibility index (Phi) is 8.04. The maximum atomic E-state index is 6.46. The third-order valence-electron chi connectivity index (χ3n) is 7.18. The van der Waals surface area contributed by atoms with Crippen LogP contribution in [0, 0.1) is 37.0 Å². The summed E-state index contributed by atoms with van der Waals surface area (Å²) in [5.41, 5.74) is 4.07. The minimum absolute atomic E-state index is 0.0243. The van der Waals surface area contributed by atoms with Gasteiger partial charge >= 0.3 is 0 Å². The Balaban J connectivity index is 0.000000401. The number of rotatable bonds is 6. The average molecular weight is 363 g/mol. The van der Waals surface area contributed by atoms with Gasteiger partial charge in [-0.3, -0.25) is 0 Å². The number of hydrogen-bond donors (Lipinski definition) is 0. The zero-order valence-electron chi connectivity index (χ0n) is 18.9. The molecule has 1 aromatic rings. The van der Waals surface area contributed by atoms with Crippen LogP contribution in [0.1, 0.15) is 85.8 Å². The lowest BCUT2D eigenvalue weighted by Gasteiger charge is -2.54. The van der Waals surface area contributed by atoms with Crippen molar-refractivity contribution in [3.8, 4) is 0 Å². The lowest BCUT2D eigenvalue weighted by atomic mass is 9.55. The highest BCUT2D eigenvalue weighted by Crippen LogP contribution is 2.57. The SMILES string of the molecule is CCC(C(C)C)C1(C(C)(CC)CC)OC=C(C)C1C.Cc1cocc1C. The second kappa shape index (κ2) is 9.15. The van der Waals surface area contributed by atoms with E-state index < -0.39 is 0 Å². The molecule has 3 unspecified atom stereocenters. The molecule has 0 saturated heterocycles. The van der Waals surface area contributed by atoms with Crippen LogP contribution in [0.15, 0.2) is 28.8 Å². The molecule has 0 aliphatic carbocycles. The summed E-state index contributed by atoms with van der Waals surface area (Å²) >= 11 is 0. The molecule has 3 atom stereocenters. The molecule has 2 heterocycles. The molecule has 0 saturated carbocycles. The highest BCUT2D eigenvalue weighted by molar-refractivity contribution is 5.20. The fraction of sp³-hybridized carbons (Fsp3) is 0.750. The van der Waals surface area contributed by atoms with Gasteiger partial charge in [-0.2, -0.15) is 0 Å². The molecule has 0 radical (unpaired) electrons. The minimum atomic E-state index is -0.0243. The van der Waals surface area contributed by atoms with Crippen molar-refractivity contribution in [1.29, 1.82) is 0 Å². The van der Waals surface area contributed by atoms with E-state index in [9.17, 15) is 0 Å². The summed E-state index contributed by atoms with van der Waals surface area (Å²) in [6.07, 6.45) is 9.08. The van der Waals surface area contributed by atoms with Gasteiger partial charge in [-0.25, -0.2) is 0 Å².